The van der Waals surface area contributed by atoms with Crippen molar-refractivity contribution in [3.05, 3.63) is 41.3 Å². The predicted octanol–water partition coefficient (Wildman–Crippen LogP) is 0.115. The number of hydrogen-bond acceptors (Lipinski definition) is 6. The number of rotatable bonds is 4. The van der Waals surface area contributed by atoms with Crippen LogP contribution >= 0.6 is 11.3 Å². The standard InChI is InChI=1S/C10H10N4O3S2/c11-19(16,17)9-2-1-8(18-9)5-14-10(15)7-3-12-6-13-4-7/h1-4,6H,5H2,(H,14,15)(H2,11,16,17). The van der Waals surface area contributed by atoms with Gasteiger partial charge in [-0.3, -0.25) is 4.79 Å². The highest BCUT2D eigenvalue weighted by Crippen LogP contribution is 2.19. The molecule has 0 aliphatic rings. The number of sulfonamides is 1. The number of aromatic nitrogens is 2. The molecule has 0 fully saturated rings. The molecule has 19 heavy (non-hydrogen) atoms. The van der Waals surface area contributed by atoms with Crippen molar-refractivity contribution in [3.8, 4) is 0 Å². The lowest BCUT2D eigenvalue weighted by Crippen LogP contribution is -2.22. The van der Waals surface area contributed by atoms with E-state index in [1.165, 1.54) is 24.8 Å². The lowest BCUT2D eigenvalue weighted by molar-refractivity contribution is 0.0950. The van der Waals surface area contributed by atoms with Crippen LogP contribution in [-0.2, 0) is 16.6 Å². The topological polar surface area (TPSA) is 115 Å². The number of thiophene rings is 1. The van der Waals surface area contributed by atoms with E-state index in [1.807, 2.05) is 0 Å². The van der Waals surface area contributed by atoms with Gasteiger partial charge in [0.05, 0.1) is 12.1 Å². The van der Waals surface area contributed by atoms with Gasteiger partial charge in [0.25, 0.3) is 5.91 Å². The van der Waals surface area contributed by atoms with Gasteiger partial charge in [-0.1, -0.05) is 0 Å². The average molecular weight is 298 g/mol. The van der Waals surface area contributed by atoms with Crippen molar-refractivity contribution in [2.75, 3.05) is 0 Å². The van der Waals surface area contributed by atoms with Crippen molar-refractivity contribution in [2.45, 2.75) is 10.8 Å². The summed E-state index contributed by atoms with van der Waals surface area (Å²) in [4.78, 5) is 19.8. The van der Waals surface area contributed by atoms with Crippen LogP contribution in [0.25, 0.3) is 0 Å². The monoisotopic (exact) mass is 298 g/mol. The summed E-state index contributed by atoms with van der Waals surface area (Å²) in [5.41, 5.74) is 0.339. The zero-order valence-corrected chi connectivity index (χ0v) is 11.2. The zero-order valence-electron chi connectivity index (χ0n) is 9.61. The number of carbonyl (C=O) groups excluding carboxylic acids is 1. The maximum absolute atomic E-state index is 11.7. The molecule has 0 unspecified atom stereocenters. The Kier molecular flexibility index (Phi) is 3.88. The highest BCUT2D eigenvalue weighted by Gasteiger charge is 2.12. The molecule has 9 heteroatoms. The number of carbonyl (C=O) groups is 1. The van der Waals surface area contributed by atoms with E-state index in [0.717, 1.165) is 11.3 Å². The summed E-state index contributed by atoms with van der Waals surface area (Å²) >= 11 is 1.02. The van der Waals surface area contributed by atoms with Crippen molar-refractivity contribution in [1.29, 1.82) is 0 Å². The first-order valence-electron chi connectivity index (χ1n) is 5.11. The van der Waals surface area contributed by atoms with E-state index in [1.54, 1.807) is 6.07 Å². The fraction of sp³-hybridized carbons (Fsp3) is 0.100. The summed E-state index contributed by atoms with van der Waals surface area (Å²) in [5.74, 6) is -0.328. The summed E-state index contributed by atoms with van der Waals surface area (Å²) in [6.45, 7) is 0.216. The van der Waals surface area contributed by atoms with Crippen LogP contribution in [0.2, 0.25) is 0 Å². The van der Waals surface area contributed by atoms with Crippen molar-refractivity contribution in [1.82, 2.24) is 15.3 Å². The molecular weight excluding hydrogens is 288 g/mol. The second kappa shape index (κ2) is 5.43. The predicted molar refractivity (Wildman–Crippen MR) is 68.9 cm³/mol. The molecular formula is C10H10N4O3S2. The van der Waals surface area contributed by atoms with Crippen LogP contribution < -0.4 is 10.5 Å². The number of nitrogens with zero attached hydrogens (tertiary/aromatic N) is 2. The van der Waals surface area contributed by atoms with Crippen LogP contribution in [0.3, 0.4) is 0 Å². The Hall–Kier alpha value is -1.84. The molecule has 0 aliphatic heterocycles. The Balaban J connectivity index is 2.00. The number of nitrogens with two attached hydrogens (primary N) is 1. The first-order chi connectivity index (χ1) is 8.97. The van der Waals surface area contributed by atoms with Crippen LogP contribution in [0.5, 0.6) is 0 Å². The molecule has 1 amide bonds. The van der Waals surface area contributed by atoms with Crippen LogP contribution in [0, 0.1) is 0 Å². The quantitative estimate of drug-likeness (QED) is 0.831. The van der Waals surface area contributed by atoms with E-state index in [9.17, 15) is 13.2 Å². The van der Waals surface area contributed by atoms with Gasteiger partial charge in [0.2, 0.25) is 10.0 Å². The second-order valence-electron chi connectivity index (χ2n) is 3.58. The van der Waals surface area contributed by atoms with Gasteiger partial charge in [-0.05, 0) is 12.1 Å². The molecule has 7 nitrogen and oxygen atoms in total. The van der Waals surface area contributed by atoms with E-state index in [-0.39, 0.29) is 16.7 Å². The molecule has 0 spiro atoms. The molecule has 2 aromatic heterocycles. The summed E-state index contributed by atoms with van der Waals surface area (Å²) in [6.07, 6.45) is 4.12. The Morgan fingerprint density at radius 2 is 2.00 bits per heavy atom. The van der Waals surface area contributed by atoms with Gasteiger partial charge in [0.1, 0.15) is 10.5 Å². The normalized spacial score (nSPS) is 11.2. The third-order valence-corrected chi connectivity index (χ3v) is 4.69. The van der Waals surface area contributed by atoms with E-state index < -0.39 is 10.0 Å². The number of nitrogens with one attached hydrogen (secondary N) is 1. The lowest BCUT2D eigenvalue weighted by Gasteiger charge is -2.02. The Morgan fingerprint density at radius 3 is 2.58 bits per heavy atom. The number of primary sulfonamides is 1. The maximum Gasteiger partial charge on any atom is 0.254 e. The van der Waals surface area contributed by atoms with Gasteiger partial charge in [-0.15, -0.1) is 11.3 Å². The Labute approximate surface area is 113 Å². The second-order valence-corrected chi connectivity index (χ2v) is 6.53. The van der Waals surface area contributed by atoms with E-state index in [2.05, 4.69) is 15.3 Å². The molecule has 0 radical (unpaired) electrons. The molecule has 2 aromatic rings. The molecule has 0 aromatic carbocycles. The molecule has 0 atom stereocenters. The lowest BCUT2D eigenvalue weighted by atomic mass is 10.3. The van der Waals surface area contributed by atoms with Gasteiger partial charge in [0.15, 0.2) is 0 Å². The molecule has 0 aliphatic carbocycles. The van der Waals surface area contributed by atoms with Crippen molar-refractivity contribution >= 4 is 27.3 Å². The summed E-state index contributed by atoms with van der Waals surface area (Å²) < 4.78 is 22.2. The van der Waals surface area contributed by atoms with Crippen LogP contribution in [0.15, 0.2) is 35.1 Å². The molecule has 100 valence electrons. The first kappa shape index (κ1) is 13.6. The largest absolute Gasteiger partial charge is 0.347 e. The maximum atomic E-state index is 11.7. The van der Waals surface area contributed by atoms with Crippen LogP contribution in [0.1, 0.15) is 15.2 Å². The zero-order chi connectivity index (χ0) is 13.9. The van der Waals surface area contributed by atoms with E-state index in [4.69, 9.17) is 5.14 Å². The first-order valence-corrected chi connectivity index (χ1v) is 7.48. The van der Waals surface area contributed by atoms with Crippen molar-refractivity contribution in [2.24, 2.45) is 5.14 Å². The van der Waals surface area contributed by atoms with Gasteiger partial charge in [0, 0.05) is 17.3 Å². The molecule has 2 rings (SSSR count). The smallest absolute Gasteiger partial charge is 0.254 e. The molecule has 2 heterocycles. The minimum Gasteiger partial charge on any atom is -0.347 e. The van der Waals surface area contributed by atoms with E-state index >= 15 is 0 Å². The van der Waals surface area contributed by atoms with Gasteiger partial charge in [-0.2, -0.15) is 0 Å². The van der Waals surface area contributed by atoms with Gasteiger partial charge >= 0.3 is 0 Å². The van der Waals surface area contributed by atoms with Gasteiger partial charge in [-0.25, -0.2) is 23.5 Å². The summed E-state index contributed by atoms with van der Waals surface area (Å²) in [6, 6.07) is 3.01. The molecule has 0 bridgehead atoms. The summed E-state index contributed by atoms with van der Waals surface area (Å²) in [7, 11) is -3.69. The SMILES string of the molecule is NS(=O)(=O)c1ccc(CNC(=O)c2cncnc2)s1. The van der Waals surface area contributed by atoms with Crippen LogP contribution in [-0.4, -0.2) is 24.3 Å². The molecule has 0 saturated carbocycles. The Bertz CT molecular complexity index is 682. The highest BCUT2D eigenvalue weighted by atomic mass is 32.2. The Morgan fingerprint density at radius 1 is 1.32 bits per heavy atom. The third-order valence-electron chi connectivity index (χ3n) is 2.16. The average Bonchev–Trinajstić information content (AvgIpc) is 2.86. The van der Waals surface area contributed by atoms with E-state index in [0.29, 0.717) is 10.4 Å². The molecule has 0 saturated heterocycles. The number of amides is 1. The molecule has 3 N–H and O–H groups in total. The van der Waals surface area contributed by atoms with Crippen molar-refractivity contribution in [3.63, 3.8) is 0 Å². The minimum atomic E-state index is -3.69. The highest BCUT2D eigenvalue weighted by molar-refractivity contribution is 7.91. The summed E-state index contributed by atoms with van der Waals surface area (Å²) in [5, 5.41) is 7.63. The fourth-order valence-corrected chi connectivity index (χ4v) is 3.01. The van der Waals surface area contributed by atoms with Gasteiger partial charge < -0.3 is 5.32 Å². The van der Waals surface area contributed by atoms with Crippen LogP contribution in [0.4, 0.5) is 0 Å². The fourth-order valence-electron chi connectivity index (χ4n) is 1.29. The number of hydrogen-bond donors (Lipinski definition) is 2. The van der Waals surface area contributed by atoms with Crippen molar-refractivity contribution < 1.29 is 13.2 Å². The third kappa shape index (κ3) is 3.56. The minimum absolute atomic E-state index is 0.0693.